The molecule has 0 aliphatic carbocycles. The van der Waals surface area contributed by atoms with Crippen molar-refractivity contribution in [2.24, 2.45) is 0 Å². The SMILES string of the molecule is CC(NC(=O)c1cccc(=O)[nH]1)c1cc2ccccc2o1. The maximum Gasteiger partial charge on any atom is 0.268 e. The third-order valence-corrected chi connectivity index (χ3v) is 3.23. The summed E-state index contributed by atoms with van der Waals surface area (Å²) in [5, 5.41) is 3.79. The van der Waals surface area contributed by atoms with Gasteiger partial charge in [0.05, 0.1) is 6.04 Å². The minimum absolute atomic E-state index is 0.227. The lowest BCUT2D eigenvalue weighted by Gasteiger charge is -2.10. The Morgan fingerprint density at radius 2 is 2.00 bits per heavy atom. The molecule has 1 atom stereocenters. The molecule has 21 heavy (non-hydrogen) atoms. The predicted molar refractivity (Wildman–Crippen MR) is 79.2 cm³/mol. The Morgan fingerprint density at radius 3 is 2.76 bits per heavy atom. The molecule has 0 aliphatic rings. The first-order valence-corrected chi connectivity index (χ1v) is 6.62. The Labute approximate surface area is 120 Å². The van der Waals surface area contributed by atoms with E-state index in [4.69, 9.17) is 4.42 Å². The van der Waals surface area contributed by atoms with Gasteiger partial charge in [-0.25, -0.2) is 0 Å². The maximum absolute atomic E-state index is 12.1. The lowest BCUT2D eigenvalue weighted by atomic mass is 10.2. The monoisotopic (exact) mass is 282 g/mol. The van der Waals surface area contributed by atoms with Crippen LogP contribution >= 0.6 is 0 Å². The molecular formula is C16H14N2O3. The van der Waals surface area contributed by atoms with E-state index in [1.807, 2.05) is 37.3 Å². The van der Waals surface area contributed by atoms with Crippen molar-refractivity contribution < 1.29 is 9.21 Å². The number of aromatic nitrogens is 1. The number of carbonyl (C=O) groups is 1. The van der Waals surface area contributed by atoms with Gasteiger partial charge in [0.25, 0.3) is 5.91 Å². The van der Waals surface area contributed by atoms with Gasteiger partial charge in [-0.05, 0) is 25.1 Å². The normalized spacial score (nSPS) is 12.2. The highest BCUT2D eigenvalue weighted by Crippen LogP contribution is 2.23. The molecule has 2 heterocycles. The highest BCUT2D eigenvalue weighted by atomic mass is 16.3. The molecule has 5 heteroatoms. The number of benzene rings is 1. The standard InChI is InChI=1S/C16H14N2O3/c1-10(14-9-11-5-2-3-7-13(11)21-14)17-16(20)12-6-4-8-15(19)18-12/h2-10H,1H3,(H,17,20)(H,18,19). The van der Waals surface area contributed by atoms with Crippen LogP contribution in [-0.4, -0.2) is 10.9 Å². The summed E-state index contributed by atoms with van der Waals surface area (Å²) >= 11 is 0. The number of hydrogen-bond donors (Lipinski definition) is 2. The van der Waals surface area contributed by atoms with Crippen molar-refractivity contribution in [3.63, 3.8) is 0 Å². The molecule has 0 saturated carbocycles. The number of amides is 1. The molecule has 0 saturated heterocycles. The number of fused-ring (bicyclic) bond motifs is 1. The van der Waals surface area contributed by atoms with Gasteiger partial charge in [0.15, 0.2) is 0 Å². The Bertz CT molecular complexity index is 815. The van der Waals surface area contributed by atoms with Gasteiger partial charge in [0.1, 0.15) is 17.0 Å². The summed E-state index contributed by atoms with van der Waals surface area (Å²) in [5.41, 5.74) is 0.700. The van der Waals surface area contributed by atoms with Crippen LogP contribution in [0, 0.1) is 0 Å². The van der Waals surface area contributed by atoms with E-state index in [0.29, 0.717) is 5.76 Å². The fourth-order valence-electron chi connectivity index (χ4n) is 2.14. The largest absolute Gasteiger partial charge is 0.459 e. The van der Waals surface area contributed by atoms with Crippen LogP contribution in [-0.2, 0) is 0 Å². The Balaban J connectivity index is 1.81. The van der Waals surface area contributed by atoms with E-state index in [2.05, 4.69) is 10.3 Å². The quantitative estimate of drug-likeness (QED) is 0.775. The zero-order chi connectivity index (χ0) is 14.8. The van der Waals surface area contributed by atoms with Gasteiger partial charge >= 0.3 is 0 Å². The first-order chi connectivity index (χ1) is 10.1. The number of H-pyrrole nitrogens is 1. The van der Waals surface area contributed by atoms with E-state index in [-0.39, 0.29) is 23.2 Å². The number of carbonyl (C=O) groups excluding carboxylic acids is 1. The fraction of sp³-hybridized carbons (Fsp3) is 0.125. The number of nitrogens with one attached hydrogen (secondary N) is 2. The maximum atomic E-state index is 12.1. The molecule has 3 aromatic rings. The van der Waals surface area contributed by atoms with Crippen molar-refractivity contribution in [2.45, 2.75) is 13.0 Å². The van der Waals surface area contributed by atoms with E-state index in [0.717, 1.165) is 11.0 Å². The van der Waals surface area contributed by atoms with Crippen molar-refractivity contribution in [3.05, 3.63) is 70.3 Å². The van der Waals surface area contributed by atoms with E-state index < -0.39 is 0 Å². The van der Waals surface area contributed by atoms with Gasteiger partial charge in [-0.2, -0.15) is 0 Å². The first-order valence-electron chi connectivity index (χ1n) is 6.62. The van der Waals surface area contributed by atoms with Gasteiger partial charge in [0.2, 0.25) is 5.56 Å². The Morgan fingerprint density at radius 1 is 1.19 bits per heavy atom. The van der Waals surface area contributed by atoms with Gasteiger partial charge in [0, 0.05) is 11.5 Å². The molecule has 106 valence electrons. The van der Waals surface area contributed by atoms with Crippen molar-refractivity contribution in [1.29, 1.82) is 0 Å². The minimum atomic E-state index is -0.347. The van der Waals surface area contributed by atoms with Crippen LogP contribution in [0.25, 0.3) is 11.0 Å². The van der Waals surface area contributed by atoms with E-state index in [9.17, 15) is 9.59 Å². The van der Waals surface area contributed by atoms with Gasteiger partial charge in [-0.1, -0.05) is 24.3 Å². The second-order valence-electron chi connectivity index (χ2n) is 4.81. The summed E-state index contributed by atoms with van der Waals surface area (Å²) in [5.74, 6) is 0.323. The molecule has 0 spiro atoms. The lowest BCUT2D eigenvalue weighted by molar-refractivity contribution is 0.0930. The minimum Gasteiger partial charge on any atom is -0.459 e. The molecule has 2 N–H and O–H groups in total. The molecule has 0 fully saturated rings. The van der Waals surface area contributed by atoms with Gasteiger partial charge in [-0.3, -0.25) is 9.59 Å². The molecule has 1 amide bonds. The third-order valence-electron chi connectivity index (χ3n) is 3.23. The summed E-state index contributed by atoms with van der Waals surface area (Å²) in [7, 11) is 0. The van der Waals surface area contributed by atoms with E-state index in [1.54, 1.807) is 12.1 Å². The zero-order valence-corrected chi connectivity index (χ0v) is 11.4. The highest BCUT2D eigenvalue weighted by Gasteiger charge is 2.15. The third kappa shape index (κ3) is 2.72. The molecule has 0 radical (unpaired) electrons. The first kappa shape index (κ1) is 13.2. The number of hydrogen-bond acceptors (Lipinski definition) is 3. The second-order valence-corrected chi connectivity index (χ2v) is 4.81. The van der Waals surface area contributed by atoms with Crippen LogP contribution in [0.15, 0.2) is 57.7 Å². The smallest absolute Gasteiger partial charge is 0.268 e. The summed E-state index contributed by atoms with van der Waals surface area (Å²) in [6, 6.07) is 13.7. The van der Waals surface area contributed by atoms with Crippen LogP contribution in [0.3, 0.4) is 0 Å². The fourth-order valence-corrected chi connectivity index (χ4v) is 2.14. The molecule has 2 aromatic heterocycles. The van der Waals surface area contributed by atoms with E-state index >= 15 is 0 Å². The van der Waals surface area contributed by atoms with Crippen LogP contribution < -0.4 is 10.9 Å². The summed E-state index contributed by atoms with van der Waals surface area (Å²) in [6.07, 6.45) is 0. The molecular weight excluding hydrogens is 268 g/mol. The molecule has 0 bridgehead atoms. The van der Waals surface area contributed by atoms with Crippen LogP contribution in [0.1, 0.15) is 29.2 Å². The predicted octanol–water partition coefficient (Wildman–Crippen LogP) is 2.61. The average Bonchev–Trinajstić information content (AvgIpc) is 2.91. The molecule has 1 aromatic carbocycles. The number of para-hydroxylation sites is 1. The Kier molecular flexibility index (Phi) is 3.31. The molecule has 0 aliphatic heterocycles. The van der Waals surface area contributed by atoms with Crippen LogP contribution in [0.2, 0.25) is 0 Å². The highest BCUT2D eigenvalue weighted by molar-refractivity contribution is 5.92. The second kappa shape index (κ2) is 5.28. The number of pyridine rings is 1. The van der Waals surface area contributed by atoms with Gasteiger partial charge in [-0.15, -0.1) is 0 Å². The van der Waals surface area contributed by atoms with Crippen molar-refractivity contribution in [1.82, 2.24) is 10.3 Å². The van der Waals surface area contributed by atoms with Crippen molar-refractivity contribution in [3.8, 4) is 0 Å². The Hall–Kier alpha value is -2.82. The lowest BCUT2D eigenvalue weighted by Crippen LogP contribution is -2.28. The van der Waals surface area contributed by atoms with Gasteiger partial charge < -0.3 is 14.7 Å². The van der Waals surface area contributed by atoms with Crippen molar-refractivity contribution in [2.75, 3.05) is 0 Å². The number of aromatic amines is 1. The summed E-state index contributed by atoms with van der Waals surface area (Å²) in [6.45, 7) is 1.83. The molecule has 3 rings (SSSR count). The molecule has 1 unspecified atom stereocenters. The van der Waals surface area contributed by atoms with E-state index in [1.165, 1.54) is 6.07 Å². The number of furan rings is 1. The van der Waals surface area contributed by atoms with Crippen LogP contribution in [0.4, 0.5) is 0 Å². The molecule has 5 nitrogen and oxygen atoms in total. The number of rotatable bonds is 3. The zero-order valence-electron chi connectivity index (χ0n) is 11.4. The summed E-state index contributed by atoms with van der Waals surface area (Å²) < 4.78 is 5.70. The average molecular weight is 282 g/mol. The van der Waals surface area contributed by atoms with Crippen LogP contribution in [0.5, 0.6) is 0 Å². The summed E-state index contributed by atoms with van der Waals surface area (Å²) in [4.78, 5) is 25.8. The van der Waals surface area contributed by atoms with Crippen molar-refractivity contribution >= 4 is 16.9 Å². The topological polar surface area (TPSA) is 75.1 Å².